The van der Waals surface area contributed by atoms with Crippen molar-refractivity contribution in [3.63, 3.8) is 0 Å². The van der Waals surface area contributed by atoms with E-state index in [-0.39, 0.29) is 12.0 Å². The van der Waals surface area contributed by atoms with E-state index in [1.54, 1.807) is 0 Å². The molecule has 0 N–H and O–H groups in total. The Bertz CT molecular complexity index is 322. The fraction of sp³-hybridized carbons (Fsp3) is 0.583. The molecule has 0 amide bonds. The summed E-state index contributed by atoms with van der Waals surface area (Å²) in [4.78, 5) is 11.3. The number of hydrogen-bond donors (Lipinski definition) is 0. The average Bonchev–Trinajstić information content (AvgIpc) is 2.46. The molecule has 15 heavy (non-hydrogen) atoms. The predicted octanol–water partition coefficient (Wildman–Crippen LogP) is 2.62. The number of carbonyl (C=O) groups is 1. The van der Waals surface area contributed by atoms with Gasteiger partial charge in [0.15, 0.2) is 0 Å². The van der Waals surface area contributed by atoms with E-state index in [9.17, 15) is 4.79 Å². The summed E-state index contributed by atoms with van der Waals surface area (Å²) in [6.07, 6.45) is 0.435. The van der Waals surface area contributed by atoms with Crippen LogP contribution in [-0.4, -0.2) is 17.1 Å². The van der Waals surface area contributed by atoms with Crippen molar-refractivity contribution in [3.05, 3.63) is 23.5 Å². The van der Waals surface area contributed by atoms with Crippen molar-refractivity contribution < 1.29 is 9.53 Å². The van der Waals surface area contributed by atoms with Gasteiger partial charge in [0, 0.05) is 17.4 Å². The van der Waals surface area contributed by atoms with Gasteiger partial charge < -0.3 is 9.30 Å². The molecule has 0 aliphatic carbocycles. The van der Waals surface area contributed by atoms with Gasteiger partial charge in [0.1, 0.15) is 0 Å². The molecule has 1 rings (SSSR count). The third-order valence-electron chi connectivity index (χ3n) is 2.53. The van der Waals surface area contributed by atoms with Gasteiger partial charge in [-0.25, -0.2) is 0 Å². The maximum absolute atomic E-state index is 11.3. The van der Waals surface area contributed by atoms with Crippen molar-refractivity contribution in [1.82, 2.24) is 4.57 Å². The summed E-state index contributed by atoms with van der Waals surface area (Å²) < 4.78 is 7.10. The Hall–Kier alpha value is -1.25. The molecule has 1 heterocycles. The fourth-order valence-corrected chi connectivity index (χ4v) is 1.93. The number of carbonyl (C=O) groups excluding carboxylic acids is 1. The summed E-state index contributed by atoms with van der Waals surface area (Å²) in [5.74, 6) is -0.127. The third kappa shape index (κ3) is 2.85. The first-order valence-electron chi connectivity index (χ1n) is 5.36. The lowest BCUT2D eigenvalue weighted by molar-refractivity contribution is -0.143. The molecule has 0 saturated carbocycles. The molecule has 1 atom stereocenters. The lowest BCUT2D eigenvalue weighted by Crippen LogP contribution is -2.15. The molecule has 0 aliphatic heterocycles. The van der Waals surface area contributed by atoms with Crippen LogP contribution in [0.3, 0.4) is 0 Å². The van der Waals surface area contributed by atoms with E-state index in [0.717, 1.165) is 0 Å². The van der Waals surface area contributed by atoms with E-state index in [4.69, 9.17) is 4.74 Å². The molecule has 0 radical (unpaired) electrons. The van der Waals surface area contributed by atoms with Gasteiger partial charge in [-0.3, -0.25) is 4.79 Å². The average molecular weight is 209 g/mol. The second-order valence-electron chi connectivity index (χ2n) is 3.84. The Morgan fingerprint density at radius 3 is 2.40 bits per heavy atom. The first-order chi connectivity index (χ1) is 7.06. The summed E-state index contributed by atoms with van der Waals surface area (Å²) in [7, 11) is 0. The summed E-state index contributed by atoms with van der Waals surface area (Å²) in [5.41, 5.74) is 2.37. The number of aromatic nitrogens is 1. The number of esters is 1. The van der Waals surface area contributed by atoms with Gasteiger partial charge in [0.25, 0.3) is 0 Å². The zero-order chi connectivity index (χ0) is 11.4. The van der Waals surface area contributed by atoms with Gasteiger partial charge in [-0.05, 0) is 39.8 Å². The molecular formula is C12H19NO2. The highest BCUT2D eigenvalue weighted by atomic mass is 16.5. The minimum absolute atomic E-state index is 0.127. The third-order valence-corrected chi connectivity index (χ3v) is 2.53. The van der Waals surface area contributed by atoms with Gasteiger partial charge in [0.2, 0.25) is 0 Å². The second-order valence-corrected chi connectivity index (χ2v) is 3.84. The maximum Gasteiger partial charge on any atom is 0.307 e. The molecular weight excluding hydrogens is 190 g/mol. The highest BCUT2D eigenvalue weighted by Gasteiger charge is 2.14. The fourth-order valence-electron chi connectivity index (χ4n) is 1.93. The van der Waals surface area contributed by atoms with Crippen molar-refractivity contribution in [2.24, 2.45) is 0 Å². The number of rotatable bonds is 4. The van der Waals surface area contributed by atoms with Crippen molar-refractivity contribution in [3.8, 4) is 0 Å². The van der Waals surface area contributed by atoms with Crippen LogP contribution >= 0.6 is 0 Å². The molecule has 0 aliphatic rings. The van der Waals surface area contributed by atoms with Crippen LogP contribution in [0.5, 0.6) is 0 Å². The molecule has 0 aromatic carbocycles. The van der Waals surface area contributed by atoms with Crippen LogP contribution in [0.15, 0.2) is 12.1 Å². The molecule has 0 unspecified atom stereocenters. The summed E-state index contributed by atoms with van der Waals surface area (Å²) >= 11 is 0. The van der Waals surface area contributed by atoms with Crippen LogP contribution in [0.25, 0.3) is 0 Å². The highest BCUT2D eigenvalue weighted by molar-refractivity contribution is 5.69. The van der Waals surface area contributed by atoms with E-state index < -0.39 is 0 Å². The van der Waals surface area contributed by atoms with E-state index in [0.29, 0.717) is 13.0 Å². The van der Waals surface area contributed by atoms with Crippen LogP contribution in [0.4, 0.5) is 0 Å². The number of nitrogens with zero attached hydrogens (tertiary/aromatic N) is 1. The maximum atomic E-state index is 11.3. The Balaban J connectivity index is 2.68. The lowest BCUT2D eigenvalue weighted by atomic mass is 10.2. The highest BCUT2D eigenvalue weighted by Crippen LogP contribution is 2.18. The lowest BCUT2D eigenvalue weighted by Gasteiger charge is -2.17. The predicted molar refractivity (Wildman–Crippen MR) is 59.9 cm³/mol. The number of aryl methyl sites for hydroxylation is 2. The second kappa shape index (κ2) is 5.01. The normalized spacial score (nSPS) is 12.5. The summed E-state index contributed by atoms with van der Waals surface area (Å²) in [5, 5.41) is 0. The van der Waals surface area contributed by atoms with Crippen molar-refractivity contribution in [2.45, 2.75) is 40.2 Å². The topological polar surface area (TPSA) is 31.2 Å². The van der Waals surface area contributed by atoms with E-state index in [1.807, 2.05) is 13.8 Å². The molecule has 84 valence electrons. The largest absolute Gasteiger partial charge is 0.466 e. The molecule has 0 fully saturated rings. The van der Waals surface area contributed by atoms with Gasteiger partial charge in [-0.15, -0.1) is 0 Å². The van der Waals surface area contributed by atoms with Gasteiger partial charge in [-0.1, -0.05) is 0 Å². The quantitative estimate of drug-likeness (QED) is 0.714. The number of hydrogen-bond acceptors (Lipinski definition) is 2. The standard InChI is InChI=1S/C12H19NO2/c1-5-15-12(14)8-11(4)13-9(2)6-7-10(13)3/h6-7,11H,5,8H2,1-4H3/t11-/m0/s1. The zero-order valence-corrected chi connectivity index (χ0v) is 9.91. The van der Waals surface area contributed by atoms with Crippen LogP contribution in [-0.2, 0) is 9.53 Å². The Labute approximate surface area is 91.0 Å². The molecule has 0 bridgehead atoms. The Kier molecular flexibility index (Phi) is 3.95. The van der Waals surface area contributed by atoms with Gasteiger partial charge >= 0.3 is 5.97 Å². The smallest absolute Gasteiger partial charge is 0.307 e. The Morgan fingerprint density at radius 2 is 1.93 bits per heavy atom. The van der Waals surface area contributed by atoms with E-state index in [2.05, 4.69) is 30.5 Å². The molecule has 3 heteroatoms. The minimum Gasteiger partial charge on any atom is -0.466 e. The van der Waals surface area contributed by atoms with Gasteiger partial charge in [-0.2, -0.15) is 0 Å². The van der Waals surface area contributed by atoms with E-state index >= 15 is 0 Å². The van der Waals surface area contributed by atoms with Crippen LogP contribution in [0.1, 0.15) is 37.7 Å². The zero-order valence-electron chi connectivity index (χ0n) is 9.91. The van der Waals surface area contributed by atoms with Gasteiger partial charge in [0.05, 0.1) is 13.0 Å². The monoisotopic (exact) mass is 209 g/mol. The summed E-state index contributed by atoms with van der Waals surface area (Å²) in [6, 6.07) is 4.30. The van der Waals surface area contributed by atoms with Crippen molar-refractivity contribution in [2.75, 3.05) is 6.61 Å². The molecule has 1 aromatic heterocycles. The summed E-state index contributed by atoms with van der Waals surface area (Å²) in [6.45, 7) is 8.42. The SMILES string of the molecule is CCOC(=O)C[C@H](C)n1c(C)ccc1C. The van der Waals surface area contributed by atoms with Crippen molar-refractivity contribution >= 4 is 5.97 Å². The van der Waals surface area contributed by atoms with Crippen LogP contribution in [0.2, 0.25) is 0 Å². The van der Waals surface area contributed by atoms with E-state index in [1.165, 1.54) is 11.4 Å². The molecule has 0 spiro atoms. The molecule has 0 saturated heterocycles. The molecule has 3 nitrogen and oxygen atoms in total. The van der Waals surface area contributed by atoms with Crippen molar-refractivity contribution in [1.29, 1.82) is 0 Å². The number of ether oxygens (including phenoxy) is 1. The Morgan fingerprint density at radius 1 is 1.40 bits per heavy atom. The first kappa shape index (κ1) is 11.8. The molecule has 1 aromatic rings. The minimum atomic E-state index is -0.127. The van der Waals surface area contributed by atoms with Crippen LogP contribution < -0.4 is 0 Å². The first-order valence-corrected chi connectivity index (χ1v) is 5.36. The van der Waals surface area contributed by atoms with Crippen LogP contribution in [0, 0.1) is 13.8 Å².